The Hall–Kier alpha value is -4.67. The number of benzene rings is 2. The van der Waals surface area contributed by atoms with E-state index in [2.05, 4.69) is 22.5 Å². The molecule has 3 atom stereocenters. The van der Waals surface area contributed by atoms with Gasteiger partial charge < -0.3 is 30.5 Å². The number of carboxylic acid groups (broad SMARTS) is 1. The van der Waals surface area contributed by atoms with E-state index in [0.717, 1.165) is 11.1 Å². The van der Waals surface area contributed by atoms with Crippen LogP contribution in [0, 0.1) is 11.8 Å². The van der Waals surface area contributed by atoms with Gasteiger partial charge in [0.25, 0.3) is 0 Å². The largest absolute Gasteiger partial charge is 0.481 e. The first-order chi connectivity index (χ1) is 20.1. The third-order valence-electron chi connectivity index (χ3n) is 6.90. The lowest BCUT2D eigenvalue weighted by atomic mass is 9.94. The van der Waals surface area contributed by atoms with Crippen LogP contribution in [0.2, 0.25) is 0 Å². The summed E-state index contributed by atoms with van der Waals surface area (Å²) in [6, 6.07) is 12.8. The molecule has 42 heavy (non-hydrogen) atoms. The second kappa shape index (κ2) is 15.4. The maximum atomic E-state index is 13.7. The average molecular weight is 580 g/mol. The molecule has 0 unspecified atom stereocenters. The first-order valence-corrected chi connectivity index (χ1v) is 13.7. The minimum Gasteiger partial charge on any atom is -0.481 e. The molecule has 2 aromatic carbocycles. The highest BCUT2D eigenvalue weighted by atomic mass is 16.5. The Balaban J connectivity index is 1.78. The van der Waals surface area contributed by atoms with Crippen LogP contribution in [0.5, 0.6) is 0 Å². The number of carbonyl (C=O) groups excluding carboxylic acids is 4. The molecule has 224 valence electrons. The average Bonchev–Trinajstić information content (AvgIpc) is 3.40. The fourth-order valence-electron chi connectivity index (χ4n) is 4.74. The summed E-state index contributed by atoms with van der Waals surface area (Å²) in [6.07, 6.45) is 0.625. The number of esters is 1. The normalized spacial score (nSPS) is 14.5. The molecule has 3 rings (SSSR count). The van der Waals surface area contributed by atoms with Gasteiger partial charge in [-0.05, 0) is 41.4 Å². The highest BCUT2D eigenvalue weighted by Crippen LogP contribution is 2.29. The monoisotopic (exact) mass is 579 g/mol. The van der Waals surface area contributed by atoms with Gasteiger partial charge in [0.05, 0.1) is 6.42 Å². The summed E-state index contributed by atoms with van der Waals surface area (Å²) >= 11 is 0. The predicted molar refractivity (Wildman–Crippen MR) is 153 cm³/mol. The Bertz CT molecular complexity index is 1250. The zero-order valence-electron chi connectivity index (χ0n) is 23.7. The molecule has 0 spiro atoms. The minimum atomic E-state index is -1.52. The van der Waals surface area contributed by atoms with Crippen molar-refractivity contribution >= 4 is 29.8 Å². The van der Waals surface area contributed by atoms with Gasteiger partial charge in [0, 0.05) is 0 Å². The number of fused-ring (bicyclic) bond motifs is 1. The van der Waals surface area contributed by atoms with Crippen molar-refractivity contribution in [2.24, 2.45) is 11.8 Å². The lowest BCUT2D eigenvalue weighted by Crippen LogP contribution is -2.59. The molecular formula is C31H37N3O8. The van der Waals surface area contributed by atoms with E-state index in [1.54, 1.807) is 44.2 Å². The number of nitrogens with one attached hydrogen (secondary N) is 3. The number of carbonyl (C=O) groups is 5. The van der Waals surface area contributed by atoms with Gasteiger partial charge in [-0.25, -0.2) is 9.59 Å². The van der Waals surface area contributed by atoms with E-state index in [1.165, 1.54) is 6.08 Å². The number of alkyl carbamates (subject to hydrolysis) is 1. The molecule has 11 nitrogen and oxygen atoms in total. The fraction of sp³-hybridized carbons (Fsp3) is 0.387. The van der Waals surface area contributed by atoms with Crippen molar-refractivity contribution in [1.29, 1.82) is 0 Å². The highest BCUT2D eigenvalue weighted by Gasteiger charge is 2.38. The van der Waals surface area contributed by atoms with Crippen molar-refractivity contribution in [3.8, 4) is 0 Å². The SMILES string of the molecule is C=CCOC(=O)[C@@H](NC(=O)[C@@H](NC(=O)[C@H](CC(=O)O)NC(=O)OCc1ccccc1)C1Cc2ccccc2C1)C(C)C. The molecule has 0 fully saturated rings. The molecule has 11 heteroatoms. The van der Waals surface area contributed by atoms with Gasteiger partial charge in [0.2, 0.25) is 11.8 Å². The maximum absolute atomic E-state index is 13.7. The summed E-state index contributed by atoms with van der Waals surface area (Å²) in [5.41, 5.74) is 2.74. The number of hydrogen-bond donors (Lipinski definition) is 4. The molecule has 0 bridgehead atoms. The van der Waals surface area contributed by atoms with Crippen molar-refractivity contribution < 1.29 is 38.6 Å². The van der Waals surface area contributed by atoms with Crippen LogP contribution in [-0.4, -0.2) is 59.7 Å². The molecule has 4 N–H and O–H groups in total. The Morgan fingerprint density at radius 2 is 1.52 bits per heavy atom. The molecule has 0 saturated heterocycles. The van der Waals surface area contributed by atoms with Gasteiger partial charge in [0.15, 0.2) is 0 Å². The molecule has 1 aliphatic carbocycles. The number of carboxylic acids is 1. The van der Waals surface area contributed by atoms with Crippen LogP contribution in [0.15, 0.2) is 67.3 Å². The van der Waals surface area contributed by atoms with Crippen LogP contribution in [0.4, 0.5) is 4.79 Å². The Labute approximate surface area is 244 Å². The van der Waals surface area contributed by atoms with Crippen molar-refractivity contribution in [2.75, 3.05) is 6.61 Å². The van der Waals surface area contributed by atoms with Crippen LogP contribution in [0.3, 0.4) is 0 Å². The molecule has 0 saturated carbocycles. The quantitative estimate of drug-likeness (QED) is 0.196. The molecule has 1 aliphatic rings. The van der Waals surface area contributed by atoms with Gasteiger partial charge in [-0.15, -0.1) is 0 Å². The van der Waals surface area contributed by atoms with Crippen molar-refractivity contribution in [3.63, 3.8) is 0 Å². The van der Waals surface area contributed by atoms with E-state index in [4.69, 9.17) is 9.47 Å². The summed E-state index contributed by atoms with van der Waals surface area (Å²) in [5, 5.41) is 17.1. The van der Waals surface area contributed by atoms with E-state index < -0.39 is 54.4 Å². The summed E-state index contributed by atoms with van der Waals surface area (Å²) in [7, 11) is 0. The van der Waals surface area contributed by atoms with E-state index in [1.807, 2.05) is 24.3 Å². The van der Waals surface area contributed by atoms with Crippen LogP contribution in [-0.2, 0) is 48.1 Å². The number of rotatable bonds is 14. The third kappa shape index (κ3) is 9.18. The maximum Gasteiger partial charge on any atom is 0.408 e. The van der Waals surface area contributed by atoms with Crippen LogP contribution >= 0.6 is 0 Å². The highest BCUT2D eigenvalue weighted by molar-refractivity contribution is 5.94. The van der Waals surface area contributed by atoms with Gasteiger partial charge in [0.1, 0.15) is 31.3 Å². The van der Waals surface area contributed by atoms with Crippen LogP contribution in [0.25, 0.3) is 0 Å². The first-order valence-electron chi connectivity index (χ1n) is 13.7. The zero-order valence-corrected chi connectivity index (χ0v) is 23.7. The van der Waals surface area contributed by atoms with Crippen LogP contribution < -0.4 is 16.0 Å². The lowest BCUT2D eigenvalue weighted by Gasteiger charge is -2.29. The van der Waals surface area contributed by atoms with Gasteiger partial charge in [-0.3, -0.25) is 14.4 Å². The molecular weight excluding hydrogens is 542 g/mol. The van der Waals surface area contributed by atoms with Crippen molar-refractivity contribution in [3.05, 3.63) is 83.9 Å². The van der Waals surface area contributed by atoms with E-state index in [-0.39, 0.29) is 25.0 Å². The van der Waals surface area contributed by atoms with E-state index in [9.17, 15) is 29.1 Å². The smallest absolute Gasteiger partial charge is 0.408 e. The summed E-state index contributed by atoms with van der Waals surface area (Å²) in [5.74, 6) is -4.21. The van der Waals surface area contributed by atoms with Crippen LogP contribution in [0.1, 0.15) is 37.0 Å². The van der Waals surface area contributed by atoms with E-state index >= 15 is 0 Å². The van der Waals surface area contributed by atoms with Crippen molar-refractivity contribution in [1.82, 2.24) is 16.0 Å². The molecule has 2 aromatic rings. The van der Waals surface area contributed by atoms with Crippen molar-refractivity contribution in [2.45, 2.75) is 57.8 Å². The molecule has 0 aromatic heterocycles. The standard InChI is InChI=1S/C31H37N3O8/c1-4-14-41-30(39)26(19(2)3)33-29(38)27(23-15-21-12-8-9-13-22(21)16-23)34-28(37)24(17-25(35)36)32-31(40)42-18-20-10-6-5-7-11-20/h4-13,19,23-24,26-27H,1,14-18H2,2-3H3,(H,32,40)(H,33,38)(H,34,37)(H,35,36)/t24-,26-,27-/m0/s1. The predicted octanol–water partition coefficient (Wildman–Crippen LogP) is 2.53. The molecule has 3 amide bonds. The number of aliphatic carboxylic acids is 1. The number of amides is 3. The molecule has 0 radical (unpaired) electrons. The Morgan fingerprint density at radius 3 is 2.10 bits per heavy atom. The zero-order chi connectivity index (χ0) is 30.6. The van der Waals surface area contributed by atoms with Gasteiger partial charge >= 0.3 is 18.0 Å². The lowest BCUT2D eigenvalue weighted by molar-refractivity contribution is -0.148. The summed E-state index contributed by atoms with van der Waals surface area (Å²) < 4.78 is 10.3. The second-order valence-electron chi connectivity index (χ2n) is 10.4. The Kier molecular flexibility index (Phi) is 11.7. The molecule has 0 aliphatic heterocycles. The number of hydrogen-bond acceptors (Lipinski definition) is 7. The fourth-order valence-corrected chi connectivity index (χ4v) is 4.74. The Morgan fingerprint density at radius 1 is 0.905 bits per heavy atom. The van der Waals surface area contributed by atoms with E-state index in [0.29, 0.717) is 18.4 Å². The first kappa shape index (κ1) is 31.9. The van der Waals surface area contributed by atoms with Gasteiger partial charge in [-0.2, -0.15) is 0 Å². The summed E-state index contributed by atoms with van der Waals surface area (Å²) in [6.45, 7) is 6.89. The number of ether oxygens (including phenoxy) is 2. The van der Waals surface area contributed by atoms with Gasteiger partial charge in [-0.1, -0.05) is 81.1 Å². The molecule has 0 heterocycles. The third-order valence-corrected chi connectivity index (χ3v) is 6.90. The second-order valence-corrected chi connectivity index (χ2v) is 10.4. The topological polar surface area (TPSA) is 160 Å². The summed E-state index contributed by atoms with van der Waals surface area (Å²) in [4.78, 5) is 63.7. The minimum absolute atomic E-state index is 0.0288.